The van der Waals surface area contributed by atoms with E-state index in [0.29, 0.717) is 0 Å². The van der Waals surface area contributed by atoms with Gasteiger partial charge in [0.1, 0.15) is 0 Å². The van der Waals surface area contributed by atoms with Crippen LogP contribution in [0.3, 0.4) is 0 Å². The summed E-state index contributed by atoms with van der Waals surface area (Å²) in [7, 11) is 0. The Morgan fingerprint density at radius 3 is 1.80 bits per heavy atom. The Morgan fingerprint density at radius 1 is 1.30 bits per heavy atom. The molecule has 0 aromatic heterocycles. The summed E-state index contributed by atoms with van der Waals surface area (Å²) >= 11 is 10.1. The molecule has 0 aromatic rings. The molecule has 0 spiro atoms. The molecule has 1 unspecified atom stereocenters. The largest absolute Gasteiger partial charge is 0.389 e. The lowest BCUT2D eigenvalue weighted by Gasteiger charge is -2.24. The second-order valence-corrected chi connectivity index (χ2v) is 7.29. The van der Waals surface area contributed by atoms with E-state index in [2.05, 4.69) is 47.8 Å². The second-order valence-electron chi connectivity index (χ2n) is 2.75. The maximum atomic E-state index is 9.45. The van der Waals surface area contributed by atoms with Crippen molar-refractivity contribution < 1.29 is 5.11 Å². The molecular weight excluding hydrogens is 328 g/mol. The number of halogens is 3. The van der Waals surface area contributed by atoms with Crippen LogP contribution in [0.15, 0.2) is 0 Å². The SMILES string of the molecule is CC(C)(O)C(Br)CC(Br)Br. The van der Waals surface area contributed by atoms with Crippen molar-refractivity contribution in [2.75, 3.05) is 0 Å². The monoisotopic (exact) mass is 336 g/mol. The summed E-state index contributed by atoms with van der Waals surface area (Å²) in [6.07, 6.45) is 0.851. The van der Waals surface area contributed by atoms with Gasteiger partial charge in [0.2, 0.25) is 0 Å². The molecule has 0 heterocycles. The number of alkyl halides is 3. The van der Waals surface area contributed by atoms with Gasteiger partial charge in [0.25, 0.3) is 0 Å². The van der Waals surface area contributed by atoms with Gasteiger partial charge < -0.3 is 5.11 Å². The quantitative estimate of drug-likeness (QED) is 0.784. The first kappa shape index (κ1) is 11.4. The van der Waals surface area contributed by atoms with Crippen LogP contribution in [0.1, 0.15) is 20.3 Å². The summed E-state index contributed by atoms with van der Waals surface area (Å²) in [5.41, 5.74) is -0.653. The maximum Gasteiger partial charge on any atom is 0.0716 e. The van der Waals surface area contributed by atoms with Gasteiger partial charge in [-0.05, 0) is 20.3 Å². The molecule has 4 heteroatoms. The molecule has 0 radical (unpaired) electrons. The van der Waals surface area contributed by atoms with Gasteiger partial charge in [0.05, 0.1) is 9.34 Å². The average Bonchev–Trinajstić information content (AvgIpc) is 1.60. The van der Waals surface area contributed by atoms with E-state index in [-0.39, 0.29) is 8.56 Å². The Hall–Kier alpha value is 1.40. The minimum atomic E-state index is -0.653. The van der Waals surface area contributed by atoms with Crippen LogP contribution >= 0.6 is 47.8 Å². The molecule has 1 N–H and O–H groups in total. The van der Waals surface area contributed by atoms with Crippen molar-refractivity contribution in [1.29, 1.82) is 0 Å². The minimum absolute atomic E-state index is 0.115. The summed E-state index contributed by atoms with van der Waals surface area (Å²) in [5, 5.41) is 9.45. The molecule has 0 amide bonds. The molecule has 0 aliphatic carbocycles. The van der Waals surface area contributed by atoms with Gasteiger partial charge in [0.15, 0.2) is 0 Å². The van der Waals surface area contributed by atoms with Crippen molar-refractivity contribution in [2.45, 2.75) is 34.4 Å². The van der Waals surface area contributed by atoms with Gasteiger partial charge in [-0.15, -0.1) is 0 Å². The predicted molar refractivity (Wildman–Crippen MR) is 55.3 cm³/mol. The Morgan fingerprint density at radius 2 is 1.70 bits per heavy atom. The third kappa shape index (κ3) is 5.10. The van der Waals surface area contributed by atoms with E-state index in [1.165, 1.54) is 0 Å². The van der Waals surface area contributed by atoms with Crippen LogP contribution in [0.4, 0.5) is 0 Å². The zero-order valence-electron chi connectivity index (χ0n) is 5.94. The maximum absolute atomic E-state index is 9.45. The summed E-state index contributed by atoms with van der Waals surface area (Å²) in [6, 6.07) is 0. The summed E-state index contributed by atoms with van der Waals surface area (Å²) in [6.45, 7) is 3.57. The highest BCUT2D eigenvalue weighted by Gasteiger charge is 2.25. The smallest absolute Gasteiger partial charge is 0.0716 e. The van der Waals surface area contributed by atoms with Crippen molar-refractivity contribution in [3.05, 3.63) is 0 Å². The van der Waals surface area contributed by atoms with E-state index in [1.807, 2.05) is 0 Å². The van der Waals surface area contributed by atoms with Crippen LogP contribution < -0.4 is 0 Å². The van der Waals surface area contributed by atoms with Gasteiger partial charge >= 0.3 is 0 Å². The zero-order valence-corrected chi connectivity index (χ0v) is 10.7. The van der Waals surface area contributed by atoms with E-state index < -0.39 is 5.60 Å². The van der Waals surface area contributed by atoms with Crippen LogP contribution in [0.5, 0.6) is 0 Å². The first-order valence-electron chi connectivity index (χ1n) is 2.98. The van der Waals surface area contributed by atoms with Crippen molar-refractivity contribution in [2.24, 2.45) is 0 Å². The van der Waals surface area contributed by atoms with Gasteiger partial charge in [-0.1, -0.05) is 47.8 Å². The van der Waals surface area contributed by atoms with Crippen molar-refractivity contribution in [1.82, 2.24) is 0 Å². The van der Waals surface area contributed by atoms with Gasteiger partial charge in [-0.25, -0.2) is 0 Å². The van der Waals surface area contributed by atoms with Crippen LogP contribution in [0.25, 0.3) is 0 Å². The molecule has 0 rings (SSSR count). The zero-order chi connectivity index (χ0) is 8.36. The number of hydrogen-bond donors (Lipinski definition) is 1. The lowest BCUT2D eigenvalue weighted by atomic mass is 10.0. The molecule has 0 aliphatic heterocycles. The highest BCUT2D eigenvalue weighted by atomic mass is 79.9. The minimum Gasteiger partial charge on any atom is -0.389 e. The standard InChI is InChI=1S/C6H11Br3O/c1-6(2,10)4(7)3-5(8)9/h4-5,10H,3H2,1-2H3. The van der Waals surface area contributed by atoms with Gasteiger partial charge in [0, 0.05) is 4.83 Å². The first-order chi connectivity index (χ1) is 4.34. The molecule has 0 aliphatic rings. The topological polar surface area (TPSA) is 20.2 Å². The van der Waals surface area contributed by atoms with Crippen molar-refractivity contribution in [3.63, 3.8) is 0 Å². The van der Waals surface area contributed by atoms with Crippen LogP contribution in [-0.4, -0.2) is 19.3 Å². The molecule has 10 heavy (non-hydrogen) atoms. The molecule has 1 nitrogen and oxygen atoms in total. The lowest BCUT2D eigenvalue weighted by molar-refractivity contribution is 0.0787. The predicted octanol–water partition coefficient (Wildman–Crippen LogP) is 3.03. The number of aliphatic hydroxyl groups is 1. The lowest BCUT2D eigenvalue weighted by Crippen LogP contribution is -2.32. The molecule has 0 fully saturated rings. The molecule has 0 aromatic carbocycles. The van der Waals surface area contributed by atoms with Gasteiger partial charge in [-0.2, -0.15) is 0 Å². The molecule has 62 valence electrons. The highest BCUT2D eigenvalue weighted by molar-refractivity contribution is 9.24. The Labute approximate surface area is 87.0 Å². The summed E-state index contributed by atoms with van der Waals surface area (Å²) < 4.78 is 0.260. The molecule has 1 atom stereocenters. The van der Waals surface area contributed by atoms with Crippen molar-refractivity contribution >= 4 is 47.8 Å². The van der Waals surface area contributed by atoms with Crippen LogP contribution in [0.2, 0.25) is 0 Å². The average molecular weight is 339 g/mol. The molecule has 0 saturated heterocycles. The highest BCUT2D eigenvalue weighted by Crippen LogP contribution is 2.26. The molecule has 0 saturated carbocycles. The normalized spacial score (nSPS) is 15.9. The number of rotatable bonds is 3. The van der Waals surface area contributed by atoms with Crippen LogP contribution in [0, 0.1) is 0 Å². The van der Waals surface area contributed by atoms with E-state index in [0.717, 1.165) is 6.42 Å². The fourth-order valence-corrected chi connectivity index (χ4v) is 2.57. The molecular formula is C6H11Br3O. The van der Waals surface area contributed by atoms with E-state index in [4.69, 9.17) is 0 Å². The summed E-state index contributed by atoms with van der Waals surface area (Å²) in [5.74, 6) is 0. The summed E-state index contributed by atoms with van der Waals surface area (Å²) in [4.78, 5) is 0.115. The first-order valence-corrected chi connectivity index (χ1v) is 5.73. The second kappa shape index (κ2) is 4.43. The number of hydrogen-bond acceptors (Lipinski definition) is 1. The fourth-order valence-electron chi connectivity index (χ4n) is 0.445. The van der Waals surface area contributed by atoms with E-state index in [9.17, 15) is 5.11 Å². The van der Waals surface area contributed by atoms with Gasteiger partial charge in [-0.3, -0.25) is 0 Å². The molecule has 0 bridgehead atoms. The third-order valence-corrected chi connectivity index (χ3v) is 3.39. The van der Waals surface area contributed by atoms with Crippen molar-refractivity contribution in [3.8, 4) is 0 Å². The van der Waals surface area contributed by atoms with E-state index >= 15 is 0 Å². The van der Waals surface area contributed by atoms with Crippen LogP contribution in [-0.2, 0) is 0 Å². The fraction of sp³-hybridized carbons (Fsp3) is 1.00. The Balaban J connectivity index is 3.73. The van der Waals surface area contributed by atoms with E-state index in [1.54, 1.807) is 13.8 Å². The Kier molecular flexibility index (Phi) is 5.05. The third-order valence-electron chi connectivity index (χ3n) is 1.15. The Bertz CT molecular complexity index is 97.7.